The summed E-state index contributed by atoms with van der Waals surface area (Å²) in [5.74, 6) is -1.01. The third-order valence-electron chi connectivity index (χ3n) is 3.53. The van der Waals surface area contributed by atoms with E-state index in [0.29, 0.717) is 16.3 Å². The highest BCUT2D eigenvalue weighted by Gasteiger charge is 2.09. The molecule has 2 amide bonds. The number of hydrogen-bond donors (Lipinski definition) is 4. The molecule has 2 rings (SSSR count). The first-order valence-electron chi connectivity index (χ1n) is 7.75. The van der Waals surface area contributed by atoms with Crippen LogP contribution in [0.1, 0.15) is 24.0 Å². The number of rotatable bonds is 6. The van der Waals surface area contributed by atoms with Gasteiger partial charge in [0.1, 0.15) is 11.5 Å². The number of benzene rings is 2. The summed E-state index contributed by atoms with van der Waals surface area (Å²) < 4.78 is 0. The summed E-state index contributed by atoms with van der Waals surface area (Å²) in [4.78, 5) is 23.6. The molecule has 0 aliphatic carbocycles. The van der Waals surface area contributed by atoms with Gasteiger partial charge in [-0.1, -0.05) is 17.7 Å². The quantitative estimate of drug-likeness (QED) is 0.459. The molecule has 0 atom stereocenters. The lowest BCUT2D eigenvalue weighted by atomic mass is 10.2. The maximum atomic E-state index is 11.9. The Morgan fingerprint density at radius 1 is 1.15 bits per heavy atom. The highest BCUT2D eigenvalue weighted by molar-refractivity contribution is 6.31. The number of aromatic hydroxyl groups is 2. The molecule has 136 valence electrons. The zero-order valence-corrected chi connectivity index (χ0v) is 14.7. The average molecular weight is 376 g/mol. The first-order chi connectivity index (χ1) is 12.4. The van der Waals surface area contributed by atoms with Gasteiger partial charge < -0.3 is 15.5 Å². The highest BCUT2D eigenvalue weighted by Crippen LogP contribution is 2.23. The molecule has 26 heavy (non-hydrogen) atoms. The number of nitrogens with one attached hydrogen (secondary N) is 2. The number of hydrazone groups is 1. The van der Waals surface area contributed by atoms with E-state index in [-0.39, 0.29) is 30.2 Å². The van der Waals surface area contributed by atoms with Crippen molar-refractivity contribution < 1.29 is 19.8 Å². The van der Waals surface area contributed by atoms with Crippen LogP contribution in [-0.4, -0.2) is 28.2 Å². The van der Waals surface area contributed by atoms with E-state index in [1.54, 1.807) is 25.1 Å². The van der Waals surface area contributed by atoms with Gasteiger partial charge in [-0.3, -0.25) is 9.59 Å². The van der Waals surface area contributed by atoms with Crippen LogP contribution in [0.4, 0.5) is 5.69 Å². The van der Waals surface area contributed by atoms with Crippen LogP contribution in [0.2, 0.25) is 5.02 Å². The van der Waals surface area contributed by atoms with Crippen molar-refractivity contribution in [2.75, 3.05) is 5.32 Å². The molecular weight excluding hydrogens is 358 g/mol. The first kappa shape index (κ1) is 19.3. The van der Waals surface area contributed by atoms with Gasteiger partial charge >= 0.3 is 0 Å². The number of nitrogens with zero attached hydrogens (tertiary/aromatic N) is 1. The Balaban J connectivity index is 1.80. The molecule has 0 saturated heterocycles. The average Bonchev–Trinajstić information content (AvgIpc) is 2.59. The Bertz CT molecular complexity index is 852. The van der Waals surface area contributed by atoms with Crippen molar-refractivity contribution in [3.8, 4) is 11.5 Å². The monoisotopic (exact) mass is 375 g/mol. The van der Waals surface area contributed by atoms with E-state index in [0.717, 1.165) is 11.6 Å². The van der Waals surface area contributed by atoms with Gasteiger partial charge in [-0.25, -0.2) is 5.43 Å². The van der Waals surface area contributed by atoms with E-state index in [4.69, 9.17) is 11.6 Å². The molecule has 0 radical (unpaired) electrons. The Hall–Kier alpha value is -3.06. The number of anilines is 1. The number of halogens is 1. The van der Waals surface area contributed by atoms with E-state index in [1.165, 1.54) is 18.3 Å². The van der Waals surface area contributed by atoms with Gasteiger partial charge in [0.25, 0.3) is 0 Å². The molecule has 0 heterocycles. The smallest absolute Gasteiger partial charge is 0.240 e. The number of amides is 2. The zero-order valence-electron chi connectivity index (χ0n) is 14.0. The third-order valence-corrected chi connectivity index (χ3v) is 3.94. The van der Waals surface area contributed by atoms with Gasteiger partial charge in [-0.05, 0) is 36.8 Å². The van der Waals surface area contributed by atoms with Crippen molar-refractivity contribution in [1.29, 1.82) is 0 Å². The summed E-state index contributed by atoms with van der Waals surface area (Å²) in [6, 6.07) is 9.17. The fraction of sp³-hybridized carbons (Fsp3) is 0.167. The Labute approximate surface area is 155 Å². The van der Waals surface area contributed by atoms with Gasteiger partial charge in [0.2, 0.25) is 11.8 Å². The molecule has 7 nitrogen and oxygen atoms in total. The van der Waals surface area contributed by atoms with Crippen molar-refractivity contribution >= 4 is 35.3 Å². The van der Waals surface area contributed by atoms with Crippen LogP contribution < -0.4 is 10.7 Å². The Kier molecular flexibility index (Phi) is 6.57. The molecule has 2 aromatic carbocycles. The van der Waals surface area contributed by atoms with Crippen molar-refractivity contribution in [3.63, 3.8) is 0 Å². The molecule has 8 heteroatoms. The van der Waals surface area contributed by atoms with Crippen LogP contribution >= 0.6 is 11.6 Å². The molecule has 0 spiro atoms. The molecule has 0 aromatic heterocycles. The van der Waals surface area contributed by atoms with Crippen LogP contribution in [0.15, 0.2) is 41.5 Å². The SMILES string of the molecule is Cc1c(Cl)cccc1NC(=O)CCC(=O)N/N=C/c1ccc(O)cc1O. The fourth-order valence-corrected chi connectivity index (χ4v) is 2.23. The molecule has 4 N–H and O–H groups in total. The van der Waals surface area contributed by atoms with E-state index in [9.17, 15) is 19.8 Å². The highest BCUT2D eigenvalue weighted by atomic mass is 35.5. The fourth-order valence-electron chi connectivity index (χ4n) is 2.05. The second kappa shape index (κ2) is 8.87. The minimum absolute atomic E-state index is 0.0161. The minimum Gasteiger partial charge on any atom is -0.508 e. The summed E-state index contributed by atoms with van der Waals surface area (Å²) >= 11 is 5.99. The standard InChI is InChI=1S/C18H18ClN3O4/c1-11-14(19)3-2-4-15(11)21-17(25)7-8-18(26)22-20-10-12-5-6-13(23)9-16(12)24/h2-6,9-10,23-24H,7-8H2,1H3,(H,21,25)(H,22,26)/b20-10+. The summed E-state index contributed by atoms with van der Waals surface area (Å²) in [5, 5.41) is 25.7. The predicted octanol–water partition coefficient (Wildman–Crippen LogP) is 2.93. The van der Waals surface area contributed by atoms with Crippen LogP contribution in [0.25, 0.3) is 0 Å². The largest absolute Gasteiger partial charge is 0.508 e. The van der Waals surface area contributed by atoms with Gasteiger partial charge in [0, 0.05) is 35.2 Å². The molecule has 0 unspecified atom stereocenters. The normalized spacial score (nSPS) is 10.7. The second-order valence-corrected chi connectivity index (χ2v) is 5.90. The molecule has 2 aromatic rings. The number of phenols is 2. The summed E-state index contributed by atoms with van der Waals surface area (Å²) in [7, 11) is 0. The summed E-state index contributed by atoms with van der Waals surface area (Å²) in [6.07, 6.45) is 1.17. The lowest BCUT2D eigenvalue weighted by molar-refractivity contribution is -0.124. The van der Waals surface area contributed by atoms with E-state index in [1.807, 2.05) is 0 Å². The number of hydrogen-bond acceptors (Lipinski definition) is 5. The van der Waals surface area contributed by atoms with Gasteiger partial charge in [-0.15, -0.1) is 0 Å². The second-order valence-electron chi connectivity index (χ2n) is 5.50. The topological polar surface area (TPSA) is 111 Å². The van der Waals surface area contributed by atoms with Gasteiger partial charge in [0.05, 0.1) is 6.21 Å². The predicted molar refractivity (Wildman–Crippen MR) is 99.6 cm³/mol. The maximum Gasteiger partial charge on any atom is 0.240 e. The summed E-state index contributed by atoms with van der Waals surface area (Å²) in [5.41, 5.74) is 3.95. The van der Waals surface area contributed by atoms with E-state index >= 15 is 0 Å². The van der Waals surface area contributed by atoms with E-state index < -0.39 is 5.91 Å². The number of carbonyl (C=O) groups is 2. The first-order valence-corrected chi connectivity index (χ1v) is 8.13. The van der Waals surface area contributed by atoms with Crippen molar-refractivity contribution in [1.82, 2.24) is 5.43 Å². The van der Waals surface area contributed by atoms with Gasteiger partial charge in [0.15, 0.2) is 0 Å². The molecular formula is C18H18ClN3O4. The Morgan fingerprint density at radius 3 is 2.62 bits per heavy atom. The molecule has 0 aliphatic rings. The van der Waals surface area contributed by atoms with Crippen LogP contribution in [-0.2, 0) is 9.59 Å². The molecule has 0 saturated carbocycles. The Morgan fingerprint density at radius 2 is 1.88 bits per heavy atom. The maximum absolute atomic E-state index is 11.9. The van der Waals surface area contributed by atoms with Crippen LogP contribution in [0, 0.1) is 6.92 Å². The third kappa shape index (κ3) is 5.49. The van der Waals surface area contributed by atoms with Crippen molar-refractivity contribution in [3.05, 3.63) is 52.5 Å². The zero-order chi connectivity index (χ0) is 19.1. The molecule has 0 fully saturated rings. The van der Waals surface area contributed by atoms with Crippen LogP contribution in [0.3, 0.4) is 0 Å². The van der Waals surface area contributed by atoms with Crippen LogP contribution in [0.5, 0.6) is 11.5 Å². The summed E-state index contributed by atoms with van der Waals surface area (Å²) in [6.45, 7) is 1.79. The van der Waals surface area contributed by atoms with Crippen molar-refractivity contribution in [2.45, 2.75) is 19.8 Å². The number of carbonyl (C=O) groups excluding carboxylic acids is 2. The lowest BCUT2D eigenvalue weighted by Gasteiger charge is -2.09. The molecule has 0 aliphatic heterocycles. The molecule has 0 bridgehead atoms. The van der Waals surface area contributed by atoms with Crippen molar-refractivity contribution in [2.24, 2.45) is 5.10 Å². The lowest BCUT2D eigenvalue weighted by Crippen LogP contribution is -2.20. The minimum atomic E-state index is -0.447. The van der Waals surface area contributed by atoms with E-state index in [2.05, 4.69) is 15.8 Å². The van der Waals surface area contributed by atoms with Gasteiger partial charge in [-0.2, -0.15) is 5.10 Å². The number of phenolic OH excluding ortho intramolecular Hbond substituents is 2.